The Morgan fingerprint density at radius 3 is 2.73 bits per heavy atom. The molecule has 3 aromatic rings. The number of halogens is 1. The number of aromatic nitrogens is 4. The molecule has 0 aliphatic carbocycles. The molecule has 1 N–H and O–H groups in total. The SMILES string of the molecule is COCCCNCc1cccc(Oc2nnnn2-c2ccccc2)c1.[Cl-]. The van der Waals surface area contributed by atoms with E-state index >= 15 is 0 Å². The standard InChI is InChI=1S/C18H21N5O2.ClH/c1-24-12-6-11-19-14-15-7-5-10-17(13-15)25-18-20-21-22-23(18)16-8-3-2-4-9-16;/h2-5,7-10,13,19H,6,11-12,14H2,1H3;1H/p-1. The number of tetrazole rings is 1. The van der Waals surface area contributed by atoms with Crippen molar-refractivity contribution in [3.05, 3.63) is 60.2 Å². The summed E-state index contributed by atoms with van der Waals surface area (Å²) in [4.78, 5) is 0. The van der Waals surface area contributed by atoms with Crippen LogP contribution in [-0.4, -0.2) is 40.5 Å². The first kappa shape index (κ1) is 19.8. The van der Waals surface area contributed by atoms with E-state index in [1.165, 1.54) is 0 Å². The van der Waals surface area contributed by atoms with Gasteiger partial charge in [0.2, 0.25) is 0 Å². The van der Waals surface area contributed by atoms with Gasteiger partial charge in [-0.1, -0.05) is 35.4 Å². The Balaban J connectivity index is 0.00000243. The Hall–Kier alpha value is -2.48. The zero-order valence-corrected chi connectivity index (χ0v) is 15.3. The maximum absolute atomic E-state index is 5.87. The van der Waals surface area contributed by atoms with Crippen LogP contribution in [0.25, 0.3) is 5.69 Å². The molecule has 138 valence electrons. The maximum Gasteiger partial charge on any atom is 0.345 e. The second-order valence-corrected chi connectivity index (χ2v) is 5.48. The lowest BCUT2D eigenvalue weighted by Gasteiger charge is -2.08. The van der Waals surface area contributed by atoms with Gasteiger partial charge in [0.1, 0.15) is 5.75 Å². The molecule has 0 bridgehead atoms. The van der Waals surface area contributed by atoms with Crippen molar-refractivity contribution in [1.82, 2.24) is 25.5 Å². The van der Waals surface area contributed by atoms with Gasteiger partial charge in [-0.3, -0.25) is 0 Å². The molecule has 0 fully saturated rings. The van der Waals surface area contributed by atoms with E-state index in [0.717, 1.165) is 37.4 Å². The number of rotatable bonds is 9. The van der Waals surface area contributed by atoms with Crippen molar-refractivity contribution in [2.24, 2.45) is 0 Å². The first-order chi connectivity index (χ1) is 12.4. The fraction of sp³-hybridized carbons (Fsp3) is 0.278. The summed E-state index contributed by atoms with van der Waals surface area (Å²) in [5.41, 5.74) is 1.98. The van der Waals surface area contributed by atoms with Crippen LogP contribution in [0.5, 0.6) is 11.8 Å². The topological polar surface area (TPSA) is 74.1 Å². The minimum atomic E-state index is 0. The number of para-hydroxylation sites is 1. The highest BCUT2D eigenvalue weighted by atomic mass is 35.5. The minimum absolute atomic E-state index is 0. The third-order valence-corrected chi connectivity index (χ3v) is 3.58. The van der Waals surface area contributed by atoms with Crippen LogP contribution in [0, 0.1) is 0 Å². The van der Waals surface area contributed by atoms with Crippen LogP contribution in [0.2, 0.25) is 0 Å². The van der Waals surface area contributed by atoms with Gasteiger partial charge in [-0.05, 0) is 53.2 Å². The summed E-state index contributed by atoms with van der Waals surface area (Å²) in [5.74, 6) is 0.697. The van der Waals surface area contributed by atoms with Gasteiger partial charge >= 0.3 is 6.01 Å². The second-order valence-electron chi connectivity index (χ2n) is 5.48. The fourth-order valence-electron chi connectivity index (χ4n) is 2.37. The van der Waals surface area contributed by atoms with E-state index in [2.05, 4.69) is 26.9 Å². The molecule has 2 aromatic carbocycles. The lowest BCUT2D eigenvalue weighted by atomic mass is 10.2. The summed E-state index contributed by atoms with van der Waals surface area (Å²) in [6.07, 6.45) is 0.985. The number of hydrogen-bond donors (Lipinski definition) is 1. The van der Waals surface area contributed by atoms with Crippen molar-refractivity contribution in [3.8, 4) is 17.4 Å². The summed E-state index contributed by atoms with van der Waals surface area (Å²) in [7, 11) is 1.71. The highest BCUT2D eigenvalue weighted by Crippen LogP contribution is 2.22. The molecule has 0 radical (unpaired) electrons. The van der Waals surface area contributed by atoms with E-state index < -0.39 is 0 Å². The van der Waals surface area contributed by atoms with Crippen LogP contribution in [0.15, 0.2) is 54.6 Å². The number of nitrogens with zero attached hydrogens (tertiary/aromatic N) is 4. The fourth-order valence-corrected chi connectivity index (χ4v) is 2.37. The third-order valence-electron chi connectivity index (χ3n) is 3.58. The van der Waals surface area contributed by atoms with E-state index in [9.17, 15) is 0 Å². The molecule has 0 saturated carbocycles. The normalized spacial score (nSPS) is 10.3. The molecule has 1 aromatic heterocycles. The van der Waals surface area contributed by atoms with Crippen molar-refractivity contribution in [3.63, 3.8) is 0 Å². The Morgan fingerprint density at radius 2 is 1.92 bits per heavy atom. The summed E-state index contributed by atoms with van der Waals surface area (Å²) >= 11 is 0. The second kappa shape index (κ2) is 10.5. The van der Waals surface area contributed by atoms with Crippen LogP contribution in [0.1, 0.15) is 12.0 Å². The summed E-state index contributed by atoms with van der Waals surface area (Å²) in [6.45, 7) is 2.44. The molecule has 0 atom stereocenters. The minimum Gasteiger partial charge on any atom is -1.00 e. The molecule has 1 heterocycles. The average molecular weight is 375 g/mol. The van der Waals surface area contributed by atoms with Crippen LogP contribution in [0.4, 0.5) is 0 Å². The number of nitrogens with one attached hydrogen (secondary N) is 1. The summed E-state index contributed by atoms with van der Waals surface area (Å²) in [6, 6.07) is 17.8. The van der Waals surface area contributed by atoms with Gasteiger partial charge in [0.05, 0.1) is 5.69 Å². The zero-order valence-electron chi connectivity index (χ0n) is 14.5. The van der Waals surface area contributed by atoms with Crippen LogP contribution in [-0.2, 0) is 11.3 Å². The summed E-state index contributed by atoms with van der Waals surface area (Å²) < 4.78 is 12.5. The first-order valence-electron chi connectivity index (χ1n) is 8.17. The maximum atomic E-state index is 5.87. The lowest BCUT2D eigenvalue weighted by Crippen LogP contribution is -3.00. The van der Waals surface area contributed by atoms with Crippen molar-refractivity contribution in [2.75, 3.05) is 20.3 Å². The van der Waals surface area contributed by atoms with Gasteiger partial charge in [0.15, 0.2) is 0 Å². The Bertz CT molecular complexity index is 782. The van der Waals surface area contributed by atoms with E-state index in [-0.39, 0.29) is 12.4 Å². The number of hydrogen-bond acceptors (Lipinski definition) is 6. The van der Waals surface area contributed by atoms with Crippen LogP contribution >= 0.6 is 0 Å². The highest BCUT2D eigenvalue weighted by molar-refractivity contribution is 5.34. The van der Waals surface area contributed by atoms with Gasteiger partial charge in [-0.25, -0.2) is 0 Å². The Morgan fingerprint density at radius 1 is 1.08 bits per heavy atom. The molecule has 3 rings (SSSR count). The molecule has 8 heteroatoms. The summed E-state index contributed by atoms with van der Waals surface area (Å²) in [5, 5.41) is 15.0. The largest absolute Gasteiger partial charge is 1.00 e. The van der Waals surface area contributed by atoms with Gasteiger partial charge in [-0.15, -0.1) is 0 Å². The molecular weight excluding hydrogens is 354 g/mol. The monoisotopic (exact) mass is 374 g/mol. The van der Waals surface area contributed by atoms with E-state index in [0.29, 0.717) is 11.8 Å². The molecular formula is C18H21ClN5O2-. The highest BCUT2D eigenvalue weighted by Gasteiger charge is 2.10. The molecule has 0 unspecified atom stereocenters. The van der Waals surface area contributed by atoms with E-state index in [1.54, 1.807) is 11.8 Å². The quantitative estimate of drug-likeness (QED) is 0.513. The number of benzene rings is 2. The van der Waals surface area contributed by atoms with Crippen molar-refractivity contribution in [1.29, 1.82) is 0 Å². The van der Waals surface area contributed by atoms with Gasteiger partial charge in [-0.2, -0.15) is 4.68 Å². The smallest absolute Gasteiger partial charge is 0.345 e. The predicted octanol–water partition coefficient (Wildman–Crippen LogP) is -0.415. The molecule has 0 spiro atoms. The van der Waals surface area contributed by atoms with E-state index in [4.69, 9.17) is 9.47 Å². The molecule has 0 aliphatic heterocycles. The Kier molecular flexibility index (Phi) is 8.01. The van der Waals surface area contributed by atoms with Gasteiger partial charge in [0.25, 0.3) is 0 Å². The number of methoxy groups -OCH3 is 1. The van der Waals surface area contributed by atoms with Crippen LogP contribution < -0.4 is 22.5 Å². The Labute approximate surface area is 158 Å². The van der Waals surface area contributed by atoms with E-state index in [1.807, 2.05) is 48.5 Å². The van der Waals surface area contributed by atoms with Crippen molar-refractivity contribution in [2.45, 2.75) is 13.0 Å². The third kappa shape index (κ3) is 5.52. The predicted molar refractivity (Wildman–Crippen MR) is 93.9 cm³/mol. The van der Waals surface area contributed by atoms with Gasteiger partial charge in [0, 0.05) is 20.3 Å². The first-order valence-corrected chi connectivity index (χ1v) is 8.17. The zero-order chi connectivity index (χ0) is 17.3. The van der Waals surface area contributed by atoms with Crippen LogP contribution in [0.3, 0.4) is 0 Å². The molecule has 7 nitrogen and oxygen atoms in total. The lowest BCUT2D eigenvalue weighted by molar-refractivity contribution is -0.00000630. The molecule has 0 saturated heterocycles. The molecule has 26 heavy (non-hydrogen) atoms. The van der Waals surface area contributed by atoms with Gasteiger partial charge < -0.3 is 27.2 Å². The van der Waals surface area contributed by atoms with Crippen molar-refractivity contribution < 1.29 is 21.9 Å². The number of ether oxygens (including phenoxy) is 2. The average Bonchev–Trinajstić information content (AvgIpc) is 3.11. The van der Waals surface area contributed by atoms with Crippen molar-refractivity contribution >= 4 is 0 Å². The molecule has 0 aliphatic rings. The molecule has 0 amide bonds.